The van der Waals surface area contributed by atoms with E-state index >= 15 is 0 Å². The molecule has 1 atom stereocenters. The fourth-order valence-corrected chi connectivity index (χ4v) is 5.15. The number of hydrogen-bond acceptors (Lipinski definition) is 4. The molecule has 0 aliphatic carbocycles. The van der Waals surface area contributed by atoms with E-state index in [0.717, 1.165) is 29.3 Å². The van der Waals surface area contributed by atoms with Crippen LogP contribution in [-0.4, -0.2) is 37.9 Å². The van der Waals surface area contributed by atoms with E-state index in [2.05, 4.69) is 17.1 Å². The Morgan fingerprint density at radius 2 is 1.81 bits per heavy atom. The summed E-state index contributed by atoms with van der Waals surface area (Å²) in [5.41, 5.74) is 0.961. The monoisotopic (exact) mass is 382 g/mol. The zero-order valence-corrected chi connectivity index (χ0v) is 16.0. The van der Waals surface area contributed by atoms with Gasteiger partial charge in [0.15, 0.2) is 0 Å². The minimum Gasteiger partial charge on any atom is -0.497 e. The number of piperidine rings is 1. The van der Waals surface area contributed by atoms with Crippen LogP contribution in [0, 0.1) is 0 Å². The summed E-state index contributed by atoms with van der Waals surface area (Å²) in [5.74, 6) is 0.752. The molecule has 6 heteroatoms. The van der Waals surface area contributed by atoms with Gasteiger partial charge in [0.2, 0.25) is 10.0 Å². The summed E-state index contributed by atoms with van der Waals surface area (Å²) in [6.45, 7) is 0.998. The van der Waals surface area contributed by atoms with Crippen LogP contribution in [0.4, 0.5) is 0 Å². The summed E-state index contributed by atoms with van der Waals surface area (Å²) in [7, 11) is -1.96. The van der Waals surface area contributed by atoms with Crippen molar-refractivity contribution in [1.82, 2.24) is 9.29 Å². The van der Waals surface area contributed by atoms with Crippen LogP contribution >= 0.6 is 0 Å². The number of rotatable bonds is 4. The first-order chi connectivity index (χ1) is 13.1. The predicted molar refractivity (Wildman–Crippen MR) is 105 cm³/mol. The number of fused-ring (bicyclic) bond motifs is 1. The lowest BCUT2D eigenvalue weighted by atomic mass is 9.94. The van der Waals surface area contributed by atoms with E-state index in [4.69, 9.17) is 4.74 Å². The molecule has 4 rings (SSSR count). The van der Waals surface area contributed by atoms with Crippen molar-refractivity contribution in [3.05, 3.63) is 66.5 Å². The van der Waals surface area contributed by atoms with Gasteiger partial charge in [0.25, 0.3) is 0 Å². The van der Waals surface area contributed by atoms with Gasteiger partial charge in [0.1, 0.15) is 5.75 Å². The van der Waals surface area contributed by atoms with E-state index in [9.17, 15) is 8.42 Å². The molecule has 0 spiro atoms. The van der Waals surface area contributed by atoms with Gasteiger partial charge >= 0.3 is 0 Å². The Labute approximate surface area is 159 Å². The standard InChI is InChI=1S/C21H22N2O3S/c1-26-19-8-10-20(11-9-19)27(24,25)23-12-4-7-18(15-23)21-13-16-5-2-3-6-17(16)14-22-21/h2-3,5-6,8-11,13-14,18H,4,7,12,15H2,1H3/t18-/m1/s1. The number of hydrogen-bond donors (Lipinski definition) is 0. The first-order valence-electron chi connectivity index (χ1n) is 9.07. The van der Waals surface area contributed by atoms with Crippen molar-refractivity contribution in [2.24, 2.45) is 0 Å². The molecule has 0 radical (unpaired) electrons. The van der Waals surface area contributed by atoms with Gasteiger partial charge in [-0.3, -0.25) is 4.98 Å². The quantitative estimate of drug-likeness (QED) is 0.688. The molecule has 1 fully saturated rings. The Morgan fingerprint density at radius 3 is 2.56 bits per heavy atom. The van der Waals surface area contributed by atoms with Gasteiger partial charge in [0.05, 0.1) is 12.0 Å². The largest absolute Gasteiger partial charge is 0.497 e. The second-order valence-corrected chi connectivity index (χ2v) is 8.77. The molecule has 5 nitrogen and oxygen atoms in total. The summed E-state index contributed by atoms with van der Waals surface area (Å²) in [5, 5.41) is 2.23. The molecule has 1 saturated heterocycles. The SMILES string of the molecule is COc1ccc(S(=O)(=O)N2CCC[C@@H](c3cc4ccccc4cn3)C2)cc1. The summed E-state index contributed by atoms with van der Waals surface area (Å²) < 4.78 is 32.8. The number of pyridine rings is 1. The van der Waals surface area contributed by atoms with E-state index in [1.165, 1.54) is 0 Å². The van der Waals surface area contributed by atoms with Crippen LogP contribution in [0.15, 0.2) is 65.7 Å². The lowest BCUT2D eigenvalue weighted by molar-refractivity contribution is 0.313. The Bertz CT molecular complexity index is 1050. The normalized spacial score (nSPS) is 18.5. The molecule has 0 amide bonds. The molecule has 1 aromatic heterocycles. The first-order valence-corrected chi connectivity index (χ1v) is 10.5. The van der Waals surface area contributed by atoms with Crippen molar-refractivity contribution in [3.8, 4) is 5.75 Å². The summed E-state index contributed by atoms with van der Waals surface area (Å²) >= 11 is 0. The molecule has 0 N–H and O–H groups in total. The van der Waals surface area contributed by atoms with E-state index in [-0.39, 0.29) is 5.92 Å². The number of ether oxygens (including phenoxy) is 1. The van der Waals surface area contributed by atoms with Crippen molar-refractivity contribution >= 4 is 20.8 Å². The molecule has 0 saturated carbocycles. The average Bonchev–Trinajstić information content (AvgIpc) is 2.73. The number of nitrogens with zero attached hydrogens (tertiary/aromatic N) is 2. The minimum absolute atomic E-state index is 0.108. The molecule has 140 valence electrons. The van der Waals surface area contributed by atoms with Gasteiger partial charge < -0.3 is 4.74 Å². The smallest absolute Gasteiger partial charge is 0.243 e. The minimum atomic E-state index is -3.52. The molecule has 0 bridgehead atoms. The summed E-state index contributed by atoms with van der Waals surface area (Å²) in [6, 6.07) is 16.8. The van der Waals surface area contributed by atoms with Gasteiger partial charge in [-0.2, -0.15) is 4.31 Å². The van der Waals surface area contributed by atoms with Crippen LogP contribution in [0.2, 0.25) is 0 Å². The van der Waals surface area contributed by atoms with Crippen molar-refractivity contribution < 1.29 is 13.2 Å². The molecule has 1 aliphatic rings. The molecule has 3 aromatic rings. The van der Waals surface area contributed by atoms with Crippen molar-refractivity contribution in [1.29, 1.82) is 0 Å². The zero-order valence-electron chi connectivity index (χ0n) is 15.2. The predicted octanol–water partition coefficient (Wildman–Crippen LogP) is 3.81. The van der Waals surface area contributed by atoms with Crippen LogP contribution in [0.5, 0.6) is 5.75 Å². The maximum absolute atomic E-state index is 13.0. The Balaban J connectivity index is 1.59. The number of sulfonamides is 1. The van der Waals surface area contributed by atoms with Crippen molar-refractivity contribution in [2.75, 3.05) is 20.2 Å². The van der Waals surface area contributed by atoms with Crippen LogP contribution in [0.25, 0.3) is 10.8 Å². The second-order valence-electron chi connectivity index (χ2n) is 6.83. The highest BCUT2D eigenvalue weighted by molar-refractivity contribution is 7.89. The third kappa shape index (κ3) is 3.55. The summed E-state index contributed by atoms with van der Waals surface area (Å²) in [6.07, 6.45) is 3.65. The molecular formula is C21H22N2O3S. The molecule has 2 heterocycles. The molecule has 2 aromatic carbocycles. The third-order valence-corrected chi connectivity index (χ3v) is 7.03. The van der Waals surface area contributed by atoms with Crippen LogP contribution in [0.1, 0.15) is 24.5 Å². The van der Waals surface area contributed by atoms with Gasteiger partial charge in [-0.25, -0.2) is 8.42 Å². The third-order valence-electron chi connectivity index (χ3n) is 5.15. The lowest BCUT2D eigenvalue weighted by Crippen LogP contribution is -2.39. The fraction of sp³-hybridized carbons (Fsp3) is 0.286. The highest BCUT2D eigenvalue weighted by Gasteiger charge is 2.31. The summed E-state index contributed by atoms with van der Waals surface area (Å²) in [4.78, 5) is 4.91. The van der Waals surface area contributed by atoms with Gasteiger partial charge in [-0.1, -0.05) is 24.3 Å². The Hall–Kier alpha value is -2.44. The van der Waals surface area contributed by atoms with E-state index in [1.807, 2.05) is 24.4 Å². The van der Waals surface area contributed by atoms with Gasteiger partial charge in [-0.05, 0) is 48.6 Å². The lowest BCUT2D eigenvalue weighted by Gasteiger charge is -2.31. The average molecular weight is 382 g/mol. The zero-order chi connectivity index (χ0) is 18.9. The molecule has 27 heavy (non-hydrogen) atoms. The van der Waals surface area contributed by atoms with E-state index in [1.54, 1.807) is 35.7 Å². The topological polar surface area (TPSA) is 59.5 Å². The number of benzene rings is 2. The highest BCUT2D eigenvalue weighted by Crippen LogP contribution is 2.31. The fourth-order valence-electron chi connectivity index (χ4n) is 3.62. The van der Waals surface area contributed by atoms with Gasteiger partial charge in [0, 0.05) is 36.3 Å². The molecule has 0 unspecified atom stereocenters. The van der Waals surface area contributed by atoms with E-state index < -0.39 is 10.0 Å². The number of methoxy groups -OCH3 is 1. The molecular weight excluding hydrogens is 360 g/mol. The van der Waals surface area contributed by atoms with E-state index in [0.29, 0.717) is 23.7 Å². The molecule has 1 aliphatic heterocycles. The van der Waals surface area contributed by atoms with Crippen LogP contribution in [-0.2, 0) is 10.0 Å². The second kappa shape index (κ2) is 7.29. The van der Waals surface area contributed by atoms with Crippen LogP contribution in [0.3, 0.4) is 0 Å². The Kier molecular flexibility index (Phi) is 4.85. The van der Waals surface area contributed by atoms with Crippen molar-refractivity contribution in [3.63, 3.8) is 0 Å². The van der Waals surface area contributed by atoms with Crippen LogP contribution < -0.4 is 4.74 Å². The maximum atomic E-state index is 13.0. The maximum Gasteiger partial charge on any atom is 0.243 e. The first kappa shape index (κ1) is 17.9. The van der Waals surface area contributed by atoms with Crippen molar-refractivity contribution in [2.45, 2.75) is 23.7 Å². The number of aromatic nitrogens is 1. The Morgan fingerprint density at radius 1 is 1.07 bits per heavy atom. The highest BCUT2D eigenvalue weighted by atomic mass is 32.2. The van der Waals surface area contributed by atoms with Gasteiger partial charge in [-0.15, -0.1) is 0 Å².